The van der Waals surface area contributed by atoms with Crippen LogP contribution < -0.4 is 11.1 Å². The number of hydrogen-bond donors (Lipinski definition) is 2. The summed E-state index contributed by atoms with van der Waals surface area (Å²) in [5.41, 5.74) is 4.15. The van der Waals surface area contributed by atoms with Crippen LogP contribution in [0.15, 0.2) is 12.3 Å². The van der Waals surface area contributed by atoms with Gasteiger partial charge in [-0.2, -0.15) is 0 Å². The van der Waals surface area contributed by atoms with Gasteiger partial charge in [-0.25, -0.2) is 9.37 Å². The second kappa shape index (κ2) is 4.49. The van der Waals surface area contributed by atoms with E-state index in [1.54, 1.807) is 13.8 Å². The van der Waals surface area contributed by atoms with Crippen LogP contribution in [-0.4, -0.2) is 40.3 Å². The van der Waals surface area contributed by atoms with Gasteiger partial charge in [0.2, 0.25) is 5.91 Å². The van der Waals surface area contributed by atoms with E-state index in [0.717, 1.165) is 0 Å². The lowest BCUT2D eigenvalue weighted by Gasteiger charge is -2.41. The number of carbonyl (C=O) groups is 2. The second-order valence-electron chi connectivity index (χ2n) is 4.83. The molecule has 0 aliphatic carbocycles. The zero-order valence-corrected chi connectivity index (χ0v) is 10.7. The van der Waals surface area contributed by atoms with Crippen LogP contribution in [0.25, 0.3) is 0 Å². The molecule has 1 aliphatic heterocycles. The average molecular weight is 266 g/mol. The van der Waals surface area contributed by atoms with E-state index >= 15 is 0 Å². The highest BCUT2D eigenvalue weighted by atomic mass is 19.1. The number of carbonyl (C=O) groups excluding carboxylic acids is 2. The third-order valence-electron chi connectivity index (χ3n) is 3.24. The zero-order chi connectivity index (χ0) is 14.2. The number of nitrogen functional groups attached to an aromatic ring is 1. The van der Waals surface area contributed by atoms with Gasteiger partial charge in [-0.3, -0.25) is 9.59 Å². The summed E-state index contributed by atoms with van der Waals surface area (Å²) in [5.74, 6) is -2.01. The molecule has 1 saturated heterocycles. The Bertz CT molecular complexity index is 545. The first-order valence-electron chi connectivity index (χ1n) is 5.86. The van der Waals surface area contributed by atoms with E-state index < -0.39 is 17.3 Å². The van der Waals surface area contributed by atoms with Gasteiger partial charge >= 0.3 is 0 Å². The molecule has 2 amide bonds. The average Bonchev–Trinajstić information content (AvgIpc) is 2.35. The van der Waals surface area contributed by atoms with Crippen LogP contribution in [0.4, 0.5) is 10.2 Å². The first-order chi connectivity index (χ1) is 8.85. The molecule has 2 rings (SSSR count). The van der Waals surface area contributed by atoms with Crippen molar-refractivity contribution >= 4 is 17.6 Å². The summed E-state index contributed by atoms with van der Waals surface area (Å²) in [7, 11) is 0. The first kappa shape index (κ1) is 13.3. The lowest BCUT2D eigenvalue weighted by molar-refractivity contribution is -0.133. The van der Waals surface area contributed by atoms with Gasteiger partial charge in [0.15, 0.2) is 11.6 Å². The smallest absolute Gasteiger partial charge is 0.257 e. The largest absolute Gasteiger partial charge is 0.381 e. The number of nitrogens with zero attached hydrogens (tertiary/aromatic N) is 2. The number of anilines is 1. The Balaban J connectivity index is 2.38. The number of nitrogens with one attached hydrogen (secondary N) is 1. The van der Waals surface area contributed by atoms with Gasteiger partial charge in [-0.1, -0.05) is 0 Å². The van der Waals surface area contributed by atoms with Gasteiger partial charge in [-0.15, -0.1) is 0 Å². The number of halogens is 1. The molecule has 0 spiro atoms. The predicted molar refractivity (Wildman–Crippen MR) is 66.7 cm³/mol. The Morgan fingerprint density at radius 3 is 2.95 bits per heavy atom. The van der Waals surface area contributed by atoms with Gasteiger partial charge in [0.25, 0.3) is 5.91 Å². The molecule has 6 nitrogen and oxygen atoms in total. The van der Waals surface area contributed by atoms with Crippen molar-refractivity contribution in [1.82, 2.24) is 15.2 Å². The van der Waals surface area contributed by atoms with Gasteiger partial charge in [0.1, 0.15) is 5.54 Å². The van der Waals surface area contributed by atoms with Crippen molar-refractivity contribution < 1.29 is 14.0 Å². The lowest BCUT2D eigenvalue weighted by atomic mass is 9.97. The van der Waals surface area contributed by atoms with Crippen molar-refractivity contribution in [3.8, 4) is 0 Å². The third kappa shape index (κ3) is 2.11. The minimum absolute atomic E-state index is 0.171. The van der Waals surface area contributed by atoms with Crippen molar-refractivity contribution in [2.75, 3.05) is 18.8 Å². The summed E-state index contributed by atoms with van der Waals surface area (Å²) in [5, 5.41) is 2.67. The number of nitrogens with two attached hydrogens (primary N) is 1. The van der Waals surface area contributed by atoms with Crippen LogP contribution >= 0.6 is 0 Å². The summed E-state index contributed by atoms with van der Waals surface area (Å²) in [4.78, 5) is 29.0. The van der Waals surface area contributed by atoms with Crippen molar-refractivity contribution in [2.45, 2.75) is 19.4 Å². The van der Waals surface area contributed by atoms with E-state index in [2.05, 4.69) is 10.3 Å². The molecule has 0 bridgehead atoms. The molecule has 7 heteroatoms. The summed E-state index contributed by atoms with van der Waals surface area (Å²) in [6, 6.07) is 1.26. The van der Waals surface area contributed by atoms with Crippen molar-refractivity contribution in [1.29, 1.82) is 0 Å². The minimum atomic E-state index is -1.03. The third-order valence-corrected chi connectivity index (χ3v) is 3.24. The number of piperazine rings is 1. The minimum Gasteiger partial charge on any atom is -0.381 e. The van der Waals surface area contributed by atoms with Gasteiger partial charge in [0, 0.05) is 19.3 Å². The van der Waals surface area contributed by atoms with Crippen LogP contribution in [0.5, 0.6) is 0 Å². The molecule has 0 saturated carbocycles. The van der Waals surface area contributed by atoms with Gasteiger partial charge < -0.3 is 16.0 Å². The van der Waals surface area contributed by atoms with Gasteiger partial charge in [0.05, 0.1) is 5.56 Å². The summed E-state index contributed by atoms with van der Waals surface area (Å²) >= 11 is 0. The molecule has 1 aromatic rings. The Kier molecular flexibility index (Phi) is 3.13. The van der Waals surface area contributed by atoms with Crippen LogP contribution in [-0.2, 0) is 4.79 Å². The summed E-state index contributed by atoms with van der Waals surface area (Å²) in [6.45, 7) is 3.89. The van der Waals surface area contributed by atoms with E-state index in [1.807, 2.05) is 0 Å². The Labute approximate surface area is 109 Å². The molecule has 0 atom stereocenters. The Morgan fingerprint density at radius 1 is 1.58 bits per heavy atom. The van der Waals surface area contributed by atoms with Crippen LogP contribution in [0.2, 0.25) is 0 Å². The maximum absolute atomic E-state index is 13.8. The quantitative estimate of drug-likeness (QED) is 0.757. The highest BCUT2D eigenvalue weighted by Gasteiger charge is 2.41. The lowest BCUT2D eigenvalue weighted by Crippen LogP contribution is -2.63. The molecular formula is C12H15FN4O2. The van der Waals surface area contributed by atoms with E-state index in [0.29, 0.717) is 13.1 Å². The number of hydrogen-bond acceptors (Lipinski definition) is 4. The van der Waals surface area contributed by atoms with Crippen molar-refractivity contribution in [2.24, 2.45) is 0 Å². The molecule has 2 heterocycles. The number of rotatable bonds is 1. The fraction of sp³-hybridized carbons (Fsp3) is 0.417. The molecule has 0 unspecified atom stereocenters. The number of pyridine rings is 1. The number of amides is 2. The van der Waals surface area contributed by atoms with E-state index in [1.165, 1.54) is 17.2 Å². The highest BCUT2D eigenvalue weighted by Crippen LogP contribution is 2.22. The summed E-state index contributed by atoms with van der Waals surface area (Å²) in [6.07, 6.45) is 1.27. The molecule has 102 valence electrons. The Morgan fingerprint density at radius 2 is 2.26 bits per heavy atom. The Hall–Kier alpha value is -2.18. The van der Waals surface area contributed by atoms with E-state index in [4.69, 9.17) is 5.73 Å². The van der Waals surface area contributed by atoms with Crippen LogP contribution in [0.3, 0.4) is 0 Å². The normalized spacial score (nSPS) is 18.1. The first-order valence-corrected chi connectivity index (χ1v) is 5.86. The van der Waals surface area contributed by atoms with Crippen LogP contribution in [0.1, 0.15) is 24.2 Å². The highest BCUT2D eigenvalue weighted by molar-refractivity contribution is 6.00. The number of aromatic nitrogens is 1. The van der Waals surface area contributed by atoms with Crippen molar-refractivity contribution in [3.05, 3.63) is 23.6 Å². The molecule has 0 radical (unpaired) electrons. The second-order valence-corrected chi connectivity index (χ2v) is 4.83. The summed E-state index contributed by atoms with van der Waals surface area (Å²) < 4.78 is 13.8. The molecular weight excluding hydrogens is 251 g/mol. The van der Waals surface area contributed by atoms with E-state index in [-0.39, 0.29) is 17.3 Å². The molecule has 1 aliphatic rings. The maximum atomic E-state index is 13.8. The fourth-order valence-corrected chi connectivity index (χ4v) is 2.03. The molecule has 3 N–H and O–H groups in total. The predicted octanol–water partition coefficient (Wildman–Crippen LogP) is 0.153. The molecule has 0 aromatic carbocycles. The maximum Gasteiger partial charge on any atom is 0.257 e. The van der Waals surface area contributed by atoms with Gasteiger partial charge in [-0.05, 0) is 19.9 Å². The monoisotopic (exact) mass is 266 g/mol. The molecule has 19 heavy (non-hydrogen) atoms. The molecule has 1 aromatic heterocycles. The molecule has 1 fully saturated rings. The fourth-order valence-electron chi connectivity index (χ4n) is 2.03. The van der Waals surface area contributed by atoms with Crippen molar-refractivity contribution in [3.63, 3.8) is 0 Å². The van der Waals surface area contributed by atoms with E-state index in [9.17, 15) is 14.0 Å². The standard InChI is InChI=1S/C12H15FN4O2/c1-12(2)11(19)16-5-6-17(12)10(18)7-3-4-15-9(14)8(7)13/h3-4H,5-6H2,1-2H3,(H2,14,15)(H,16,19). The van der Waals surface area contributed by atoms with Crippen LogP contribution in [0, 0.1) is 5.82 Å². The topological polar surface area (TPSA) is 88.3 Å². The SMILES string of the molecule is CC1(C)C(=O)NCCN1C(=O)c1ccnc(N)c1F. The zero-order valence-electron chi connectivity index (χ0n) is 10.7.